The number of aliphatic carboxylic acids is 1. The van der Waals surface area contributed by atoms with Gasteiger partial charge in [-0.15, -0.1) is 0 Å². The molecule has 28 heteroatoms. The van der Waals surface area contributed by atoms with Crippen LogP contribution >= 0.6 is 0 Å². The van der Waals surface area contributed by atoms with E-state index in [1.807, 2.05) is 55.4 Å². The van der Waals surface area contributed by atoms with Gasteiger partial charge in [-0.1, -0.05) is 95.2 Å². The van der Waals surface area contributed by atoms with Crippen molar-refractivity contribution in [3.63, 3.8) is 0 Å². The lowest BCUT2D eigenvalue weighted by Crippen LogP contribution is -2.63. The van der Waals surface area contributed by atoms with Gasteiger partial charge in [0.2, 0.25) is 59.1 Å². The van der Waals surface area contributed by atoms with Crippen molar-refractivity contribution in [2.45, 2.75) is 294 Å². The van der Waals surface area contributed by atoms with Crippen LogP contribution in [0.3, 0.4) is 0 Å². The molecule has 0 saturated heterocycles. The molecule has 8 N–H and O–H groups in total. The minimum absolute atomic E-state index is 0.0678. The predicted octanol–water partition coefficient (Wildman–Crippen LogP) is 4.70. The van der Waals surface area contributed by atoms with E-state index in [1.54, 1.807) is 95.2 Å². The molecule has 0 radical (unpaired) electrons. The summed E-state index contributed by atoms with van der Waals surface area (Å²) in [7, 11) is 8.28. The van der Waals surface area contributed by atoms with Gasteiger partial charge in [-0.3, -0.25) is 52.8 Å². The SMILES string of the molecule is CC=CC[C@@H](C)[C@@H](O)[C@@H](C(=O)N[C@H](C(=O)O)[C@@H](C)O)N(C)C(=O)[C@H](C(C)C)N(C)C(=O)[C@H](CC(C)C)NC(=O)[C@H](CC(C)C)N(C)C(=O)[C@@H](C)NC(=O)[C@H](C)NC(=O)[C@H](CC(C)C)N(C)C(=O)[C@H](CC(C)C)NC(=O)[C@H](C(C)OC(C)(C)C)N(C)C(=O)[C@@H](CC)N(C)C(=O)OC(C)(C)C. The second kappa shape index (κ2) is 41.1. The van der Waals surface area contributed by atoms with Gasteiger partial charge in [0.1, 0.15) is 66.0 Å². The number of hydrogen-bond donors (Lipinski definition) is 8. The Morgan fingerprint density at radius 1 is 0.444 bits per heavy atom. The number of hydrogen-bond acceptors (Lipinski definition) is 16. The quantitative estimate of drug-likeness (QED) is 0.0387. The van der Waals surface area contributed by atoms with Crippen LogP contribution in [-0.4, -0.2) is 254 Å². The van der Waals surface area contributed by atoms with E-state index in [0.717, 1.165) is 21.6 Å². The molecule has 0 aromatic carbocycles. The Kier molecular flexibility index (Phi) is 38.2. The molecule has 0 aliphatic heterocycles. The molecule has 0 heterocycles. The molecule has 0 aliphatic carbocycles. The second-order valence-corrected chi connectivity index (χ2v) is 30.7. The van der Waals surface area contributed by atoms with E-state index in [2.05, 4.69) is 26.6 Å². The molecule has 0 fully saturated rings. The van der Waals surface area contributed by atoms with Gasteiger partial charge >= 0.3 is 12.1 Å². The number of amides is 11. The van der Waals surface area contributed by atoms with E-state index in [0.29, 0.717) is 0 Å². The molecule has 0 bridgehead atoms. The number of carbonyl (C=O) groups is 12. The van der Waals surface area contributed by atoms with Crippen molar-refractivity contribution in [3.8, 4) is 0 Å². The first kappa shape index (κ1) is 92.1. The summed E-state index contributed by atoms with van der Waals surface area (Å²) in [6, 6.07) is -14.7. The predicted molar refractivity (Wildman–Crippen MR) is 379 cm³/mol. The van der Waals surface area contributed by atoms with Crippen LogP contribution in [0.5, 0.6) is 0 Å². The van der Waals surface area contributed by atoms with E-state index < -0.39 is 179 Å². The molecule has 0 aromatic heterocycles. The first-order chi connectivity index (χ1) is 45.2. The largest absolute Gasteiger partial charge is 0.480 e. The number of allylic oxidation sites excluding steroid dienone is 2. The number of carbonyl (C=O) groups excluding carboxylic acids is 11. The average Bonchev–Trinajstić information content (AvgIpc) is 0.810. The summed E-state index contributed by atoms with van der Waals surface area (Å²) in [4.78, 5) is 177. The number of likely N-dealkylation sites (N-methyl/N-ethyl adjacent to an activating group) is 6. The summed E-state index contributed by atoms with van der Waals surface area (Å²) in [6.45, 7) is 39.2. The zero-order valence-corrected chi connectivity index (χ0v) is 65.2. The zero-order chi connectivity index (χ0) is 77.5. The molecule has 570 valence electrons. The van der Waals surface area contributed by atoms with Crippen molar-refractivity contribution in [1.82, 2.24) is 56.0 Å². The number of carboxylic acid groups (broad SMARTS) is 1. The smallest absolute Gasteiger partial charge is 0.410 e. The number of aliphatic hydroxyl groups excluding tert-OH is 2. The summed E-state index contributed by atoms with van der Waals surface area (Å²) in [5.74, 6) is -11.1. The fourth-order valence-electron chi connectivity index (χ4n) is 11.7. The Morgan fingerprint density at radius 3 is 1.25 bits per heavy atom. The molecule has 0 saturated carbocycles. The molecule has 11 amide bonds. The zero-order valence-electron chi connectivity index (χ0n) is 65.2. The van der Waals surface area contributed by atoms with E-state index in [1.165, 1.54) is 70.8 Å². The van der Waals surface area contributed by atoms with Crippen LogP contribution < -0.4 is 26.6 Å². The van der Waals surface area contributed by atoms with E-state index >= 15 is 0 Å². The molecule has 1 unspecified atom stereocenters. The van der Waals surface area contributed by atoms with Crippen LogP contribution in [0.2, 0.25) is 0 Å². The molecule has 0 aromatic rings. The van der Waals surface area contributed by atoms with Gasteiger partial charge in [-0.2, -0.15) is 0 Å². The average molecular weight is 1410 g/mol. The number of rotatable bonds is 39. The monoisotopic (exact) mass is 1410 g/mol. The van der Waals surface area contributed by atoms with Gasteiger partial charge in [0.15, 0.2) is 6.04 Å². The van der Waals surface area contributed by atoms with Crippen molar-refractivity contribution >= 4 is 71.1 Å². The summed E-state index contributed by atoms with van der Waals surface area (Å²) in [6.07, 6.45) is -0.480. The van der Waals surface area contributed by atoms with Crippen molar-refractivity contribution in [1.29, 1.82) is 0 Å². The van der Waals surface area contributed by atoms with Crippen molar-refractivity contribution < 1.29 is 82.3 Å². The van der Waals surface area contributed by atoms with E-state index in [-0.39, 0.29) is 62.2 Å². The summed E-state index contributed by atoms with van der Waals surface area (Å²) >= 11 is 0. The van der Waals surface area contributed by atoms with E-state index in [4.69, 9.17) is 9.47 Å². The highest BCUT2D eigenvalue weighted by Gasteiger charge is 2.46. The highest BCUT2D eigenvalue weighted by Crippen LogP contribution is 2.25. The number of nitrogens with one attached hydrogen (secondary N) is 5. The normalized spacial score (nSPS) is 16.6. The second-order valence-electron chi connectivity index (χ2n) is 30.7. The maximum atomic E-state index is 14.8. The van der Waals surface area contributed by atoms with Crippen LogP contribution in [0.25, 0.3) is 0 Å². The third kappa shape index (κ3) is 29.3. The summed E-state index contributed by atoms with van der Waals surface area (Å²) in [5.41, 5.74) is -1.65. The highest BCUT2D eigenvalue weighted by molar-refractivity contribution is 5.99. The molecule has 0 rings (SSSR count). The van der Waals surface area contributed by atoms with Crippen LogP contribution in [0, 0.1) is 35.5 Å². The van der Waals surface area contributed by atoms with E-state index in [9.17, 15) is 72.9 Å². The Hall–Kier alpha value is -6.94. The van der Waals surface area contributed by atoms with Crippen molar-refractivity contribution in [2.75, 3.05) is 42.3 Å². The Balaban J connectivity index is 7.06. The van der Waals surface area contributed by atoms with Crippen molar-refractivity contribution in [2.24, 2.45) is 35.5 Å². The first-order valence-electron chi connectivity index (χ1n) is 34.9. The minimum Gasteiger partial charge on any atom is -0.480 e. The van der Waals surface area contributed by atoms with Gasteiger partial charge in [0, 0.05) is 42.3 Å². The molecule has 0 aliphatic rings. The summed E-state index contributed by atoms with van der Waals surface area (Å²) in [5, 5.41) is 45.0. The maximum absolute atomic E-state index is 14.8. The Bertz CT molecular complexity index is 2730. The minimum atomic E-state index is -1.79. The Morgan fingerprint density at radius 2 is 0.848 bits per heavy atom. The highest BCUT2D eigenvalue weighted by atomic mass is 16.6. The van der Waals surface area contributed by atoms with Crippen LogP contribution in [0.4, 0.5) is 4.79 Å². The molecule has 99 heavy (non-hydrogen) atoms. The maximum Gasteiger partial charge on any atom is 0.410 e. The van der Waals surface area contributed by atoms with Gasteiger partial charge in [0.05, 0.1) is 23.9 Å². The topological polar surface area (TPSA) is 364 Å². The molecule has 0 spiro atoms. The third-order valence-electron chi connectivity index (χ3n) is 17.0. The van der Waals surface area contributed by atoms with Gasteiger partial charge in [-0.25, -0.2) is 9.59 Å². The molecule has 15 atom stereocenters. The Labute approximate surface area is 590 Å². The standard InChI is InChI=1S/C71H129N11O17/c1-30-32-33-43(13)57(84)56(62(89)76-53(46(16)83)68(95)96)82(29)67(94)54(42(11)12)80(27)65(92)49(35-39(5)6)74-60(87)52(37-41(9)10)77(24)63(90)45(15)73-58(85)44(14)72-59(86)51(36-40(7)8)78(25)64(91)48(34-38(3)4)75-61(88)55(47(17)98-70(18,19)20)81(28)66(93)50(31-2)79(26)69(97)99-71(21,22)23/h30,32,38-57,83-84H,31,33-37H2,1-29H3,(H,72,86)(H,73,85)(H,74,87)(H,75,88)(H,76,89)(H,95,96)/t43-,44+,45-,46-,47?,48+,49+,50-,51+,52+,53+,54+,55+,56+,57-/m1/s1. The molecular formula is C71H129N11O17. The fourth-order valence-corrected chi connectivity index (χ4v) is 11.7. The molecule has 28 nitrogen and oxygen atoms in total. The van der Waals surface area contributed by atoms with Gasteiger partial charge in [-0.05, 0) is 150 Å². The number of ether oxygens (including phenoxy) is 2. The van der Waals surface area contributed by atoms with Gasteiger partial charge in [0.25, 0.3) is 0 Å². The summed E-state index contributed by atoms with van der Waals surface area (Å²) < 4.78 is 11.8. The van der Waals surface area contributed by atoms with Crippen molar-refractivity contribution in [3.05, 3.63) is 12.2 Å². The number of carboxylic acids is 1. The number of nitrogens with zero attached hydrogens (tertiary/aromatic N) is 6. The fraction of sp³-hybridized carbons (Fsp3) is 0.803. The lowest BCUT2D eigenvalue weighted by molar-refractivity contribution is -0.155. The first-order valence-corrected chi connectivity index (χ1v) is 34.9. The lowest BCUT2D eigenvalue weighted by Gasteiger charge is -2.40. The third-order valence-corrected chi connectivity index (χ3v) is 17.0. The van der Waals surface area contributed by atoms with Crippen LogP contribution in [0.15, 0.2) is 12.2 Å². The number of aliphatic hydroxyl groups is 2. The van der Waals surface area contributed by atoms with Crippen LogP contribution in [0.1, 0.15) is 198 Å². The van der Waals surface area contributed by atoms with Crippen LogP contribution in [-0.2, 0) is 62.2 Å². The lowest BCUT2D eigenvalue weighted by atomic mass is 9.91. The van der Waals surface area contributed by atoms with Gasteiger partial charge < -0.3 is 75.9 Å². The molecular weight excluding hydrogens is 1280 g/mol.